The molecule has 0 bridgehead atoms. The van der Waals surface area contributed by atoms with Crippen molar-refractivity contribution in [1.82, 2.24) is 10.2 Å². The van der Waals surface area contributed by atoms with Crippen molar-refractivity contribution < 1.29 is 24.6 Å². The Morgan fingerprint density at radius 1 is 1.19 bits per heavy atom. The molecule has 2 rings (SSSR count). The van der Waals surface area contributed by atoms with E-state index in [4.69, 9.17) is 5.73 Å². The predicted molar refractivity (Wildman–Crippen MR) is 95.6 cm³/mol. The topological polar surface area (TPSA) is 133 Å². The van der Waals surface area contributed by atoms with Crippen molar-refractivity contribution in [3.8, 4) is 0 Å². The number of carbonyl (C=O) groups is 3. The molecule has 0 aromatic heterocycles. The van der Waals surface area contributed by atoms with Crippen LogP contribution in [0.15, 0.2) is 0 Å². The minimum absolute atomic E-state index is 0.0397. The van der Waals surface area contributed by atoms with Crippen molar-refractivity contribution in [2.75, 3.05) is 6.54 Å². The lowest BCUT2D eigenvalue weighted by Gasteiger charge is -2.35. The minimum atomic E-state index is -1.01. The molecule has 26 heavy (non-hydrogen) atoms. The van der Waals surface area contributed by atoms with E-state index >= 15 is 0 Å². The molecule has 8 heteroatoms. The Hall–Kier alpha value is -1.67. The number of amides is 1. The number of carbonyl (C=O) groups excluding carboxylic acids is 1. The first-order valence-electron chi connectivity index (χ1n) is 9.60. The smallest absolute Gasteiger partial charge is 0.326 e. The molecular weight excluding hydrogens is 338 g/mol. The normalized spacial score (nSPS) is 27.6. The summed E-state index contributed by atoms with van der Waals surface area (Å²) >= 11 is 0. The fourth-order valence-corrected chi connectivity index (χ4v) is 4.37. The number of hydrogen-bond donors (Lipinski definition) is 4. The molecule has 0 unspecified atom stereocenters. The van der Waals surface area contributed by atoms with Crippen molar-refractivity contribution in [2.45, 2.75) is 82.5 Å². The van der Waals surface area contributed by atoms with Gasteiger partial charge in [0.15, 0.2) is 0 Å². The van der Waals surface area contributed by atoms with Gasteiger partial charge in [0.25, 0.3) is 0 Å². The van der Waals surface area contributed by atoms with Crippen LogP contribution in [0.3, 0.4) is 0 Å². The summed E-state index contributed by atoms with van der Waals surface area (Å²) < 4.78 is 0. The summed E-state index contributed by atoms with van der Waals surface area (Å²) in [5.41, 5.74) is 5.44. The van der Waals surface area contributed by atoms with Gasteiger partial charge in [-0.1, -0.05) is 19.3 Å². The highest BCUT2D eigenvalue weighted by Crippen LogP contribution is 2.40. The molecule has 5 atom stereocenters. The highest BCUT2D eigenvalue weighted by atomic mass is 16.4. The SMILES string of the molecule is C[C@H](N[C@@H](CCCCN)C(=O)O)C(=O)N1[C@H](C(=O)O)C[C@H]2CCCC[C@@H]21. The van der Waals surface area contributed by atoms with Crippen LogP contribution in [0.25, 0.3) is 0 Å². The average Bonchev–Trinajstić information content (AvgIpc) is 2.99. The molecule has 0 spiro atoms. The number of aliphatic carboxylic acids is 2. The van der Waals surface area contributed by atoms with Crippen molar-refractivity contribution in [1.29, 1.82) is 0 Å². The van der Waals surface area contributed by atoms with Crippen LogP contribution in [0.5, 0.6) is 0 Å². The quantitative estimate of drug-likeness (QED) is 0.442. The molecule has 148 valence electrons. The third-order valence-electron chi connectivity index (χ3n) is 5.69. The van der Waals surface area contributed by atoms with E-state index in [1.54, 1.807) is 6.92 Å². The van der Waals surface area contributed by atoms with Crippen LogP contribution in [0.1, 0.15) is 58.3 Å². The van der Waals surface area contributed by atoms with Gasteiger partial charge in [-0.05, 0) is 51.5 Å². The van der Waals surface area contributed by atoms with Gasteiger partial charge in [-0.3, -0.25) is 14.9 Å². The third-order valence-corrected chi connectivity index (χ3v) is 5.69. The van der Waals surface area contributed by atoms with Crippen LogP contribution in [0.2, 0.25) is 0 Å². The summed E-state index contributed by atoms with van der Waals surface area (Å²) in [7, 11) is 0. The molecule has 1 aliphatic carbocycles. The van der Waals surface area contributed by atoms with Crippen molar-refractivity contribution in [2.24, 2.45) is 11.7 Å². The molecule has 1 saturated heterocycles. The Balaban J connectivity index is 2.06. The first-order chi connectivity index (χ1) is 12.4. The molecule has 0 aromatic carbocycles. The first-order valence-corrected chi connectivity index (χ1v) is 9.60. The number of nitrogens with one attached hydrogen (secondary N) is 1. The first kappa shape index (κ1) is 20.6. The van der Waals surface area contributed by atoms with Crippen molar-refractivity contribution >= 4 is 17.8 Å². The van der Waals surface area contributed by atoms with Crippen LogP contribution in [-0.4, -0.2) is 63.7 Å². The molecule has 2 aliphatic rings. The Bertz CT molecular complexity index is 527. The van der Waals surface area contributed by atoms with E-state index in [1.165, 1.54) is 4.90 Å². The van der Waals surface area contributed by atoms with E-state index in [0.717, 1.165) is 32.1 Å². The summed E-state index contributed by atoms with van der Waals surface area (Å²) in [4.78, 5) is 37.6. The van der Waals surface area contributed by atoms with Gasteiger partial charge in [-0.2, -0.15) is 0 Å². The number of nitrogens with two attached hydrogens (primary N) is 1. The van der Waals surface area contributed by atoms with Gasteiger partial charge in [0.05, 0.1) is 6.04 Å². The number of rotatable bonds is 9. The standard InChI is InChI=1S/C18H31N3O5/c1-11(20-13(17(23)24)7-4-5-9-19)16(22)21-14-8-3-2-6-12(14)10-15(21)18(25)26/h11-15,20H,2-10,19H2,1H3,(H,23,24)(H,25,26)/t11-,12+,13-,14-,15-/m0/s1. The van der Waals surface area contributed by atoms with Crippen LogP contribution in [0, 0.1) is 5.92 Å². The highest BCUT2D eigenvalue weighted by molar-refractivity contribution is 5.88. The lowest BCUT2D eigenvalue weighted by atomic mass is 9.84. The molecule has 0 radical (unpaired) electrons. The monoisotopic (exact) mass is 369 g/mol. The summed E-state index contributed by atoms with van der Waals surface area (Å²) in [6.45, 7) is 2.12. The maximum absolute atomic E-state index is 13.0. The molecule has 1 saturated carbocycles. The second-order valence-electron chi connectivity index (χ2n) is 7.51. The lowest BCUT2D eigenvalue weighted by molar-refractivity contribution is -0.151. The van der Waals surface area contributed by atoms with E-state index < -0.39 is 30.1 Å². The van der Waals surface area contributed by atoms with E-state index in [-0.39, 0.29) is 17.9 Å². The summed E-state index contributed by atoms with van der Waals surface area (Å²) in [5, 5.41) is 21.8. The molecule has 2 fully saturated rings. The number of carboxylic acids is 2. The van der Waals surface area contributed by atoms with E-state index in [2.05, 4.69) is 5.32 Å². The van der Waals surface area contributed by atoms with E-state index in [9.17, 15) is 24.6 Å². The Morgan fingerprint density at radius 3 is 2.50 bits per heavy atom. The summed E-state index contributed by atoms with van der Waals surface area (Å²) in [5.74, 6) is -2.05. The number of carboxylic acid groups (broad SMARTS) is 2. The summed E-state index contributed by atoms with van der Waals surface area (Å²) in [6, 6.07) is -2.42. The van der Waals surface area contributed by atoms with Gasteiger partial charge in [0.2, 0.25) is 5.91 Å². The van der Waals surface area contributed by atoms with Gasteiger partial charge in [-0.25, -0.2) is 4.79 Å². The van der Waals surface area contributed by atoms with Crippen molar-refractivity contribution in [3.63, 3.8) is 0 Å². The average molecular weight is 369 g/mol. The van der Waals surface area contributed by atoms with Crippen LogP contribution < -0.4 is 11.1 Å². The van der Waals surface area contributed by atoms with E-state index in [1.807, 2.05) is 0 Å². The fraction of sp³-hybridized carbons (Fsp3) is 0.833. The molecule has 1 heterocycles. The Kier molecular flexibility index (Phi) is 7.40. The van der Waals surface area contributed by atoms with Crippen LogP contribution in [-0.2, 0) is 14.4 Å². The second kappa shape index (κ2) is 9.32. The maximum atomic E-state index is 13.0. The second-order valence-corrected chi connectivity index (χ2v) is 7.51. The van der Waals surface area contributed by atoms with Gasteiger partial charge < -0.3 is 20.8 Å². The molecule has 1 aliphatic heterocycles. The summed E-state index contributed by atoms with van der Waals surface area (Å²) in [6.07, 6.45) is 6.12. The molecule has 0 aromatic rings. The number of unbranched alkanes of at least 4 members (excludes halogenated alkanes) is 1. The van der Waals surface area contributed by atoms with Crippen LogP contribution in [0.4, 0.5) is 0 Å². The zero-order chi connectivity index (χ0) is 19.3. The molecule has 1 amide bonds. The number of likely N-dealkylation sites (tertiary alicyclic amines) is 1. The van der Waals surface area contributed by atoms with E-state index in [0.29, 0.717) is 25.8 Å². The fourth-order valence-electron chi connectivity index (χ4n) is 4.37. The highest BCUT2D eigenvalue weighted by Gasteiger charge is 2.48. The molecule has 5 N–H and O–H groups in total. The van der Waals surface area contributed by atoms with Gasteiger partial charge in [0, 0.05) is 6.04 Å². The minimum Gasteiger partial charge on any atom is -0.480 e. The number of nitrogens with zero attached hydrogens (tertiary/aromatic N) is 1. The number of hydrogen-bond acceptors (Lipinski definition) is 5. The number of fused-ring (bicyclic) bond motifs is 1. The van der Waals surface area contributed by atoms with Gasteiger partial charge in [0.1, 0.15) is 12.1 Å². The van der Waals surface area contributed by atoms with Gasteiger partial charge >= 0.3 is 11.9 Å². The van der Waals surface area contributed by atoms with Gasteiger partial charge in [-0.15, -0.1) is 0 Å². The maximum Gasteiger partial charge on any atom is 0.326 e. The van der Waals surface area contributed by atoms with Crippen molar-refractivity contribution in [3.05, 3.63) is 0 Å². The molecular formula is C18H31N3O5. The largest absolute Gasteiger partial charge is 0.480 e. The molecule has 8 nitrogen and oxygen atoms in total. The van der Waals surface area contributed by atoms with Crippen LogP contribution >= 0.6 is 0 Å². The zero-order valence-corrected chi connectivity index (χ0v) is 15.4. The lowest BCUT2D eigenvalue weighted by Crippen LogP contribution is -2.55. The zero-order valence-electron chi connectivity index (χ0n) is 15.4. The predicted octanol–water partition coefficient (Wildman–Crippen LogP) is 0.791. The Morgan fingerprint density at radius 2 is 1.88 bits per heavy atom. The Labute approximate surface area is 154 Å². The third kappa shape index (κ3) is 4.73.